The summed E-state index contributed by atoms with van der Waals surface area (Å²) in [5.41, 5.74) is 0. The number of aliphatic hydroxyl groups is 2. The Morgan fingerprint density at radius 2 is 1.31 bits per heavy atom. The summed E-state index contributed by atoms with van der Waals surface area (Å²) in [6, 6.07) is 0. The third kappa shape index (κ3) is 16.6. The lowest BCUT2D eigenvalue weighted by Gasteiger charge is -2.16. The molecule has 26 heavy (non-hydrogen) atoms. The van der Waals surface area contributed by atoms with Gasteiger partial charge in [0.05, 0.1) is 0 Å². The minimum absolute atomic E-state index is 0.311. The van der Waals surface area contributed by atoms with Gasteiger partial charge in [-0.15, -0.1) is 0 Å². The molecule has 4 heteroatoms. The number of allylic oxidation sites excluding steroid dienone is 2. The van der Waals surface area contributed by atoms with Crippen molar-refractivity contribution in [1.29, 1.82) is 0 Å². The summed E-state index contributed by atoms with van der Waals surface area (Å²) in [4.78, 5) is 11.5. The molecular formula is C22H42O4. The van der Waals surface area contributed by atoms with Gasteiger partial charge in [0.25, 0.3) is 0 Å². The fraction of sp³-hybridized carbons (Fsp3) is 0.864. The number of aliphatic hydroxyl groups excluding tert-OH is 2. The van der Waals surface area contributed by atoms with E-state index in [1.54, 1.807) is 6.92 Å². The Bertz CT molecular complexity index is 341. The van der Waals surface area contributed by atoms with Gasteiger partial charge >= 0.3 is 5.97 Å². The van der Waals surface area contributed by atoms with Crippen LogP contribution in [-0.4, -0.2) is 28.6 Å². The lowest BCUT2D eigenvalue weighted by Crippen LogP contribution is -2.30. The lowest BCUT2D eigenvalue weighted by molar-refractivity contribution is -0.186. The molecule has 0 aliphatic carbocycles. The molecule has 0 spiro atoms. The molecule has 0 heterocycles. The molecule has 4 nitrogen and oxygen atoms in total. The van der Waals surface area contributed by atoms with Crippen LogP contribution in [0.15, 0.2) is 12.2 Å². The van der Waals surface area contributed by atoms with Crippen LogP contribution in [0.5, 0.6) is 0 Å². The summed E-state index contributed by atoms with van der Waals surface area (Å²) < 4.78 is 4.78. The number of hydrogen-bond donors (Lipinski definition) is 2. The third-order valence-corrected chi connectivity index (χ3v) is 4.64. The zero-order valence-electron chi connectivity index (χ0n) is 17.1. The van der Waals surface area contributed by atoms with Crippen molar-refractivity contribution in [2.45, 2.75) is 123 Å². The number of carbonyl (C=O) groups excluding carboxylic acids is 1. The van der Waals surface area contributed by atoms with Crippen molar-refractivity contribution in [2.75, 3.05) is 0 Å². The van der Waals surface area contributed by atoms with Crippen LogP contribution in [0.1, 0.15) is 110 Å². The van der Waals surface area contributed by atoms with Crippen LogP contribution in [0, 0.1) is 0 Å². The van der Waals surface area contributed by atoms with Crippen LogP contribution < -0.4 is 0 Å². The summed E-state index contributed by atoms with van der Waals surface area (Å²) in [7, 11) is 0. The van der Waals surface area contributed by atoms with Crippen LogP contribution in [0.2, 0.25) is 0 Å². The van der Waals surface area contributed by atoms with E-state index in [4.69, 9.17) is 4.74 Å². The van der Waals surface area contributed by atoms with Gasteiger partial charge in [-0.3, -0.25) is 4.79 Å². The highest BCUT2D eigenvalue weighted by Crippen LogP contribution is 2.11. The molecular weight excluding hydrogens is 328 g/mol. The second-order valence-corrected chi connectivity index (χ2v) is 7.19. The Kier molecular flexibility index (Phi) is 18.3. The van der Waals surface area contributed by atoms with E-state index in [0.29, 0.717) is 12.8 Å². The van der Waals surface area contributed by atoms with Gasteiger partial charge in [0.2, 0.25) is 6.29 Å². The second-order valence-electron chi connectivity index (χ2n) is 7.19. The van der Waals surface area contributed by atoms with Crippen LogP contribution in [0.4, 0.5) is 0 Å². The number of carbonyl (C=O) groups is 1. The van der Waals surface area contributed by atoms with Crippen LogP contribution in [-0.2, 0) is 9.53 Å². The van der Waals surface area contributed by atoms with Gasteiger partial charge < -0.3 is 14.9 Å². The minimum atomic E-state index is -1.39. The molecule has 0 fully saturated rings. The molecule has 0 aliphatic heterocycles. The monoisotopic (exact) mass is 370 g/mol. The first kappa shape index (κ1) is 25.1. The first-order valence-corrected chi connectivity index (χ1v) is 10.8. The highest BCUT2D eigenvalue weighted by molar-refractivity contribution is 5.69. The SMILES string of the molecule is CCCCCCCC/C=C\CCCCCCCC(=O)OC(O)C(O)CC. The van der Waals surface area contributed by atoms with E-state index in [0.717, 1.165) is 25.7 Å². The Morgan fingerprint density at radius 3 is 1.85 bits per heavy atom. The molecule has 0 saturated carbocycles. The fourth-order valence-corrected chi connectivity index (χ4v) is 2.81. The quantitative estimate of drug-likeness (QED) is 0.141. The maximum Gasteiger partial charge on any atom is 0.308 e. The normalized spacial score (nSPS) is 13.8. The average molecular weight is 371 g/mol. The second kappa shape index (κ2) is 18.9. The molecule has 2 N–H and O–H groups in total. The molecule has 2 atom stereocenters. The van der Waals surface area contributed by atoms with Gasteiger partial charge in [-0.2, -0.15) is 0 Å². The Morgan fingerprint density at radius 1 is 0.808 bits per heavy atom. The van der Waals surface area contributed by atoms with E-state index in [-0.39, 0.29) is 0 Å². The van der Waals surface area contributed by atoms with Crippen molar-refractivity contribution < 1.29 is 19.7 Å². The predicted octanol–water partition coefficient (Wildman–Crippen LogP) is 5.66. The molecule has 0 aromatic rings. The smallest absolute Gasteiger partial charge is 0.308 e. The minimum Gasteiger partial charge on any atom is -0.433 e. The maximum absolute atomic E-state index is 11.5. The Hall–Kier alpha value is -0.870. The summed E-state index contributed by atoms with van der Waals surface area (Å²) >= 11 is 0. The molecule has 154 valence electrons. The highest BCUT2D eigenvalue weighted by Gasteiger charge is 2.18. The van der Waals surface area contributed by atoms with Gasteiger partial charge in [0.1, 0.15) is 6.10 Å². The van der Waals surface area contributed by atoms with E-state index in [1.165, 1.54) is 57.8 Å². The van der Waals surface area contributed by atoms with Crippen molar-refractivity contribution in [3.05, 3.63) is 12.2 Å². The topological polar surface area (TPSA) is 66.8 Å². The van der Waals surface area contributed by atoms with Crippen molar-refractivity contribution >= 4 is 5.97 Å². The van der Waals surface area contributed by atoms with Crippen molar-refractivity contribution in [3.8, 4) is 0 Å². The van der Waals surface area contributed by atoms with Crippen molar-refractivity contribution in [2.24, 2.45) is 0 Å². The molecule has 0 saturated heterocycles. The van der Waals surface area contributed by atoms with E-state index in [2.05, 4.69) is 19.1 Å². The van der Waals surface area contributed by atoms with Crippen LogP contribution >= 0.6 is 0 Å². The molecule has 0 amide bonds. The maximum atomic E-state index is 11.5. The molecule has 0 radical (unpaired) electrons. The number of hydrogen-bond acceptors (Lipinski definition) is 4. The van der Waals surface area contributed by atoms with Crippen LogP contribution in [0.25, 0.3) is 0 Å². The van der Waals surface area contributed by atoms with Gasteiger partial charge in [-0.25, -0.2) is 0 Å². The Labute approximate surface area is 161 Å². The molecule has 0 aromatic carbocycles. The van der Waals surface area contributed by atoms with E-state index < -0.39 is 18.4 Å². The molecule has 0 rings (SSSR count). The van der Waals surface area contributed by atoms with Gasteiger partial charge in [0, 0.05) is 6.42 Å². The first-order valence-electron chi connectivity index (χ1n) is 10.8. The lowest BCUT2D eigenvalue weighted by atomic mass is 10.1. The van der Waals surface area contributed by atoms with Crippen molar-refractivity contribution in [1.82, 2.24) is 0 Å². The Balaban J connectivity index is 3.33. The third-order valence-electron chi connectivity index (χ3n) is 4.64. The average Bonchev–Trinajstić information content (AvgIpc) is 2.64. The highest BCUT2D eigenvalue weighted by atomic mass is 16.6. The number of unbranched alkanes of at least 4 members (excludes halogenated alkanes) is 11. The number of rotatable bonds is 18. The zero-order chi connectivity index (χ0) is 19.5. The summed E-state index contributed by atoms with van der Waals surface area (Å²) in [5.74, 6) is -0.428. The number of ether oxygens (including phenoxy) is 1. The molecule has 2 unspecified atom stereocenters. The standard InChI is InChI=1S/C22H42O4/c1-3-5-6-7-8-9-10-11-12-13-14-15-16-17-18-19-21(24)26-22(25)20(23)4-2/h11-12,20,22-23,25H,3-10,13-19H2,1-2H3/b12-11-. The van der Waals surface area contributed by atoms with Gasteiger partial charge in [-0.1, -0.05) is 77.4 Å². The van der Waals surface area contributed by atoms with Crippen molar-refractivity contribution in [3.63, 3.8) is 0 Å². The van der Waals surface area contributed by atoms with E-state index in [1.807, 2.05) is 0 Å². The van der Waals surface area contributed by atoms with Gasteiger partial charge in [-0.05, 0) is 38.5 Å². The number of esters is 1. The van der Waals surface area contributed by atoms with Crippen LogP contribution in [0.3, 0.4) is 0 Å². The summed E-state index contributed by atoms with van der Waals surface area (Å²) in [6.07, 6.45) is 18.7. The first-order chi connectivity index (χ1) is 12.6. The van der Waals surface area contributed by atoms with E-state index >= 15 is 0 Å². The predicted molar refractivity (Wildman–Crippen MR) is 108 cm³/mol. The zero-order valence-corrected chi connectivity index (χ0v) is 17.1. The summed E-state index contributed by atoms with van der Waals surface area (Å²) in [5, 5.41) is 18.8. The molecule has 0 aromatic heterocycles. The molecule has 0 bridgehead atoms. The largest absolute Gasteiger partial charge is 0.433 e. The van der Waals surface area contributed by atoms with E-state index in [9.17, 15) is 15.0 Å². The summed E-state index contributed by atoms with van der Waals surface area (Å²) in [6.45, 7) is 3.98. The molecule has 0 aliphatic rings. The fourth-order valence-electron chi connectivity index (χ4n) is 2.81. The van der Waals surface area contributed by atoms with Gasteiger partial charge in [0.15, 0.2) is 0 Å².